The average Bonchev–Trinajstić information content (AvgIpc) is 2.85. The van der Waals surface area contributed by atoms with Gasteiger partial charge in [-0.2, -0.15) is 0 Å². The van der Waals surface area contributed by atoms with Gasteiger partial charge in [0.05, 0.1) is 12.2 Å². The van der Waals surface area contributed by atoms with Crippen LogP contribution in [-0.4, -0.2) is 43.4 Å². The second-order valence-corrected chi connectivity index (χ2v) is 10.0. The number of sulfone groups is 1. The molecule has 0 aromatic carbocycles. The van der Waals surface area contributed by atoms with E-state index in [1.807, 2.05) is 6.92 Å². The molecule has 2 rings (SSSR count). The molecule has 1 saturated heterocycles. The van der Waals surface area contributed by atoms with Crippen LogP contribution in [0, 0.1) is 6.92 Å². The van der Waals surface area contributed by atoms with Gasteiger partial charge in [0.25, 0.3) is 0 Å². The molecule has 24 heavy (non-hydrogen) atoms. The zero-order chi connectivity index (χ0) is 17.3. The number of halogens is 1. The number of aromatic nitrogens is 1. The fraction of sp³-hybridized carbons (Fsp3) is 0.733. The monoisotopic (exact) mass is 395 g/mol. The molecule has 2 N–H and O–H groups in total. The highest BCUT2D eigenvalue weighted by Crippen LogP contribution is 2.29. The summed E-state index contributed by atoms with van der Waals surface area (Å²) in [7, 11) is -3.48. The van der Waals surface area contributed by atoms with Crippen LogP contribution in [0.2, 0.25) is 0 Å². The van der Waals surface area contributed by atoms with Gasteiger partial charge in [-0.15, -0.1) is 23.7 Å². The average molecular weight is 396 g/mol. The van der Waals surface area contributed by atoms with Crippen molar-refractivity contribution in [1.29, 1.82) is 0 Å². The van der Waals surface area contributed by atoms with E-state index >= 15 is 0 Å². The van der Waals surface area contributed by atoms with Crippen molar-refractivity contribution in [1.82, 2.24) is 15.6 Å². The van der Waals surface area contributed by atoms with E-state index in [1.54, 1.807) is 11.3 Å². The molecule has 1 amide bonds. The number of nitrogens with one attached hydrogen (secondary N) is 2. The van der Waals surface area contributed by atoms with Gasteiger partial charge in [-0.25, -0.2) is 13.4 Å². The van der Waals surface area contributed by atoms with E-state index in [0.29, 0.717) is 31.8 Å². The predicted molar refractivity (Wildman–Crippen MR) is 99.7 cm³/mol. The Kier molecular flexibility index (Phi) is 7.22. The largest absolute Gasteiger partial charge is 0.348 e. The molecule has 1 aromatic rings. The molecule has 1 aliphatic heterocycles. The van der Waals surface area contributed by atoms with Crippen molar-refractivity contribution in [3.63, 3.8) is 0 Å². The molecule has 0 aliphatic carbocycles. The number of carbonyl (C=O) groups is 1. The van der Waals surface area contributed by atoms with E-state index in [-0.39, 0.29) is 19.0 Å². The SMILES string of the molecule is Cc1sc(CNC(=O)C2(S(C)(=O)=O)CCNCC2)nc1C(C)C.Cl. The molecule has 0 atom stereocenters. The number of nitrogens with zero attached hydrogens (tertiary/aromatic N) is 1. The van der Waals surface area contributed by atoms with Gasteiger partial charge in [-0.3, -0.25) is 4.79 Å². The van der Waals surface area contributed by atoms with Crippen molar-refractivity contribution >= 4 is 39.5 Å². The number of rotatable bonds is 5. The highest BCUT2D eigenvalue weighted by molar-refractivity contribution is 7.92. The van der Waals surface area contributed by atoms with E-state index < -0.39 is 20.5 Å². The Hall–Kier alpha value is -0.700. The van der Waals surface area contributed by atoms with Gasteiger partial charge < -0.3 is 10.6 Å². The summed E-state index contributed by atoms with van der Waals surface area (Å²) < 4.78 is 23.1. The standard InChI is InChI=1S/C15H25N3O3S2.ClH/c1-10(2)13-11(3)22-12(18-13)9-17-14(19)15(23(4,20)21)5-7-16-8-6-15;/h10,16H,5-9H2,1-4H3,(H,17,19);1H. The van der Waals surface area contributed by atoms with Crippen LogP contribution in [-0.2, 0) is 21.2 Å². The quantitative estimate of drug-likeness (QED) is 0.793. The van der Waals surface area contributed by atoms with Crippen LogP contribution in [0.3, 0.4) is 0 Å². The summed E-state index contributed by atoms with van der Waals surface area (Å²) in [5.41, 5.74) is 1.04. The molecule has 9 heteroatoms. The number of piperidine rings is 1. The van der Waals surface area contributed by atoms with Gasteiger partial charge in [0.15, 0.2) is 14.6 Å². The zero-order valence-electron chi connectivity index (χ0n) is 14.5. The fourth-order valence-electron chi connectivity index (χ4n) is 2.99. The molecule has 0 radical (unpaired) electrons. The molecule has 1 aliphatic rings. The van der Waals surface area contributed by atoms with Crippen molar-refractivity contribution in [3.05, 3.63) is 15.6 Å². The number of amides is 1. The highest BCUT2D eigenvalue weighted by Gasteiger charge is 2.48. The van der Waals surface area contributed by atoms with Gasteiger partial charge in [-0.1, -0.05) is 13.8 Å². The van der Waals surface area contributed by atoms with E-state index in [2.05, 4.69) is 29.5 Å². The van der Waals surface area contributed by atoms with E-state index in [9.17, 15) is 13.2 Å². The highest BCUT2D eigenvalue weighted by atomic mass is 35.5. The lowest BCUT2D eigenvalue weighted by Crippen LogP contribution is -2.57. The normalized spacial score (nSPS) is 17.4. The molecule has 0 spiro atoms. The van der Waals surface area contributed by atoms with Crippen molar-refractivity contribution in [2.24, 2.45) is 0 Å². The van der Waals surface area contributed by atoms with E-state index in [4.69, 9.17) is 0 Å². The number of carbonyl (C=O) groups excluding carboxylic acids is 1. The number of aryl methyl sites for hydroxylation is 1. The van der Waals surface area contributed by atoms with Crippen molar-refractivity contribution in [2.45, 2.75) is 50.8 Å². The third-order valence-corrected chi connectivity index (χ3v) is 7.36. The number of hydrogen-bond donors (Lipinski definition) is 2. The lowest BCUT2D eigenvalue weighted by Gasteiger charge is -2.34. The van der Waals surface area contributed by atoms with Crippen LogP contribution in [0.1, 0.15) is 48.2 Å². The van der Waals surface area contributed by atoms with Crippen LogP contribution in [0.25, 0.3) is 0 Å². The number of hydrogen-bond acceptors (Lipinski definition) is 6. The van der Waals surface area contributed by atoms with Crippen LogP contribution in [0.5, 0.6) is 0 Å². The molecule has 1 fully saturated rings. The summed E-state index contributed by atoms with van der Waals surface area (Å²) in [4.78, 5) is 18.3. The second kappa shape index (κ2) is 8.12. The first-order valence-corrected chi connectivity index (χ1v) is 10.5. The van der Waals surface area contributed by atoms with Crippen LogP contribution in [0.4, 0.5) is 0 Å². The molecule has 0 unspecified atom stereocenters. The lowest BCUT2D eigenvalue weighted by atomic mass is 9.96. The maximum Gasteiger partial charge on any atom is 0.241 e. The predicted octanol–water partition coefficient (Wildman–Crippen LogP) is 1.78. The van der Waals surface area contributed by atoms with E-state index in [1.165, 1.54) is 0 Å². The van der Waals surface area contributed by atoms with Crippen molar-refractivity contribution in [3.8, 4) is 0 Å². The lowest BCUT2D eigenvalue weighted by molar-refractivity contribution is -0.124. The molecule has 2 heterocycles. The Bertz CT molecular complexity index is 680. The molecular weight excluding hydrogens is 370 g/mol. The fourth-order valence-corrected chi connectivity index (χ4v) is 5.37. The minimum absolute atomic E-state index is 0. The number of thiazole rings is 1. The van der Waals surface area contributed by atoms with Crippen molar-refractivity contribution < 1.29 is 13.2 Å². The summed E-state index contributed by atoms with van der Waals surface area (Å²) in [6, 6.07) is 0. The zero-order valence-corrected chi connectivity index (χ0v) is 17.0. The summed E-state index contributed by atoms with van der Waals surface area (Å²) in [5.74, 6) is -0.0667. The Morgan fingerprint density at radius 1 is 1.38 bits per heavy atom. The van der Waals surface area contributed by atoms with Crippen LogP contribution in [0.15, 0.2) is 0 Å². The maximum atomic E-state index is 12.6. The molecular formula is C15H26ClN3O3S2. The van der Waals surface area contributed by atoms with Gasteiger partial charge in [0.1, 0.15) is 5.01 Å². The van der Waals surface area contributed by atoms with Gasteiger partial charge in [-0.05, 0) is 38.8 Å². The molecule has 0 bridgehead atoms. The summed E-state index contributed by atoms with van der Waals surface area (Å²) in [6.45, 7) is 7.53. The Morgan fingerprint density at radius 2 is 1.96 bits per heavy atom. The first-order valence-electron chi connectivity index (χ1n) is 7.82. The van der Waals surface area contributed by atoms with Gasteiger partial charge in [0, 0.05) is 11.1 Å². The minimum atomic E-state index is -3.48. The Morgan fingerprint density at radius 3 is 2.42 bits per heavy atom. The smallest absolute Gasteiger partial charge is 0.241 e. The third-order valence-electron chi connectivity index (χ3n) is 4.36. The molecule has 1 aromatic heterocycles. The summed E-state index contributed by atoms with van der Waals surface area (Å²) in [6.07, 6.45) is 1.78. The van der Waals surface area contributed by atoms with Crippen LogP contribution < -0.4 is 10.6 Å². The Balaban J connectivity index is 0.00000288. The molecule has 0 saturated carbocycles. The van der Waals surface area contributed by atoms with Crippen LogP contribution >= 0.6 is 23.7 Å². The molecule has 138 valence electrons. The minimum Gasteiger partial charge on any atom is -0.348 e. The topological polar surface area (TPSA) is 88.2 Å². The maximum absolute atomic E-state index is 12.6. The first-order chi connectivity index (χ1) is 10.7. The van der Waals surface area contributed by atoms with Crippen molar-refractivity contribution in [2.75, 3.05) is 19.3 Å². The van der Waals surface area contributed by atoms with Gasteiger partial charge >= 0.3 is 0 Å². The summed E-state index contributed by atoms with van der Waals surface area (Å²) >= 11 is 1.55. The van der Waals surface area contributed by atoms with E-state index in [0.717, 1.165) is 21.8 Å². The Labute approximate surface area is 154 Å². The third kappa shape index (κ3) is 4.28. The summed E-state index contributed by atoms with van der Waals surface area (Å²) in [5, 5.41) is 6.72. The first kappa shape index (κ1) is 21.3. The van der Waals surface area contributed by atoms with Gasteiger partial charge in [0.2, 0.25) is 5.91 Å². The molecule has 6 nitrogen and oxygen atoms in total. The second-order valence-electron chi connectivity index (χ2n) is 6.40.